The quantitative estimate of drug-likeness (QED) is 0.302. The molecule has 21 heavy (non-hydrogen) atoms. The summed E-state index contributed by atoms with van der Waals surface area (Å²) in [5.74, 6) is 0. The topological polar surface area (TPSA) is 12.0 Å². The monoisotopic (exact) mass is 353 g/mol. The molecule has 0 atom stereocenters. The van der Waals surface area contributed by atoms with Gasteiger partial charge in [-0.15, -0.1) is 0 Å². The molecule has 0 aliphatic rings. The van der Waals surface area contributed by atoms with Crippen molar-refractivity contribution in [1.82, 2.24) is 5.32 Å². The van der Waals surface area contributed by atoms with Crippen molar-refractivity contribution in [1.29, 1.82) is 0 Å². The van der Waals surface area contributed by atoms with E-state index in [-0.39, 0.29) is 0 Å². The fourth-order valence-corrected chi connectivity index (χ4v) is 14.7. The van der Waals surface area contributed by atoms with E-state index < -0.39 is 16.1 Å². The van der Waals surface area contributed by atoms with Gasteiger partial charge in [0, 0.05) is 41.7 Å². The van der Waals surface area contributed by atoms with Crippen LogP contribution in [0.1, 0.15) is 13.3 Å². The zero-order valence-corrected chi connectivity index (χ0v) is 19.1. The van der Waals surface area contributed by atoms with Gasteiger partial charge < -0.3 is 5.32 Å². The minimum atomic E-state index is -0.892. The van der Waals surface area contributed by atoms with E-state index in [0.29, 0.717) is 0 Å². The molecule has 1 N–H and O–H groups in total. The van der Waals surface area contributed by atoms with Crippen molar-refractivity contribution in [2.24, 2.45) is 0 Å². The Hall–Kier alpha value is 0.148. The van der Waals surface area contributed by atoms with Gasteiger partial charge in [0.25, 0.3) is 0 Å². The van der Waals surface area contributed by atoms with E-state index in [2.05, 4.69) is 44.6 Å². The highest BCUT2D eigenvalue weighted by Gasteiger charge is 2.22. The Bertz CT molecular complexity index is 319. The minimum absolute atomic E-state index is 0.806. The lowest BCUT2D eigenvalue weighted by Crippen LogP contribution is -2.32. The van der Waals surface area contributed by atoms with E-state index in [4.69, 9.17) is 0 Å². The predicted octanol–water partition coefficient (Wildman–Crippen LogP) is 4.80. The van der Waals surface area contributed by atoms with Gasteiger partial charge in [0.15, 0.2) is 0 Å². The molecule has 5 heteroatoms. The first-order valence-corrected chi connectivity index (χ1v) is 18.0. The van der Waals surface area contributed by atoms with Crippen LogP contribution in [0.3, 0.4) is 0 Å². The molecule has 0 aromatic heterocycles. The largest absolute Gasteiger partial charge is 0.391 e. The molecule has 0 spiro atoms. The van der Waals surface area contributed by atoms with Crippen LogP contribution in [-0.2, 0) is 0 Å². The molecule has 0 aromatic rings. The number of allylic oxidation sites excluding steroid dienone is 2. The first-order chi connectivity index (χ1) is 9.62. The van der Waals surface area contributed by atoms with E-state index in [9.17, 15) is 0 Å². The van der Waals surface area contributed by atoms with Gasteiger partial charge in [0.1, 0.15) is 0 Å². The molecular formula is C16H35NSi4. The van der Waals surface area contributed by atoms with Crippen molar-refractivity contribution < 1.29 is 0 Å². The SMILES string of the molecule is C=C(C)C=CNCCC[Si]C[Si](C)(C)C[Si]C[Si](C)(C)C. The number of rotatable bonds is 12. The van der Waals surface area contributed by atoms with E-state index in [1.165, 1.54) is 31.5 Å². The zero-order valence-electron chi connectivity index (χ0n) is 15.1. The van der Waals surface area contributed by atoms with Gasteiger partial charge in [0.05, 0.1) is 0 Å². The highest BCUT2D eigenvalue weighted by Crippen LogP contribution is 2.17. The first-order valence-electron chi connectivity index (χ1n) is 8.09. The average molecular weight is 354 g/mol. The fraction of sp³-hybridized carbons (Fsp3) is 0.750. The molecular weight excluding hydrogens is 319 g/mol. The van der Waals surface area contributed by atoms with E-state index in [1.54, 1.807) is 17.0 Å². The van der Waals surface area contributed by atoms with Crippen LogP contribution in [0.2, 0.25) is 55.8 Å². The Kier molecular flexibility index (Phi) is 10.9. The molecule has 0 saturated carbocycles. The second kappa shape index (κ2) is 10.8. The summed E-state index contributed by atoms with van der Waals surface area (Å²) in [4.78, 5) is 0. The number of hydrogen-bond acceptors (Lipinski definition) is 1. The summed E-state index contributed by atoms with van der Waals surface area (Å²) in [5.41, 5.74) is 5.78. The summed E-state index contributed by atoms with van der Waals surface area (Å²) in [5, 5.41) is 3.35. The maximum absolute atomic E-state index is 3.85. The van der Waals surface area contributed by atoms with Gasteiger partial charge in [-0.25, -0.2) is 0 Å². The molecule has 0 fully saturated rings. The summed E-state index contributed by atoms with van der Waals surface area (Å²) < 4.78 is 0. The second-order valence-corrected chi connectivity index (χ2v) is 23.2. The van der Waals surface area contributed by atoms with E-state index in [1.807, 2.05) is 19.2 Å². The Morgan fingerprint density at radius 2 is 1.67 bits per heavy atom. The van der Waals surface area contributed by atoms with Crippen molar-refractivity contribution in [2.45, 2.75) is 69.1 Å². The first kappa shape index (κ1) is 21.1. The number of nitrogens with one attached hydrogen (secondary N) is 1. The van der Waals surface area contributed by atoms with E-state index >= 15 is 0 Å². The van der Waals surface area contributed by atoms with Gasteiger partial charge in [-0.05, 0) is 25.6 Å². The van der Waals surface area contributed by atoms with Crippen molar-refractivity contribution in [3.8, 4) is 0 Å². The van der Waals surface area contributed by atoms with Gasteiger partial charge in [0.2, 0.25) is 0 Å². The second-order valence-electron chi connectivity index (χ2n) is 7.99. The molecule has 1 nitrogen and oxygen atoms in total. The van der Waals surface area contributed by atoms with Crippen molar-refractivity contribution in [3.05, 3.63) is 24.4 Å². The molecule has 0 saturated heterocycles. The smallest absolute Gasteiger partial charge is 0.0412 e. The zero-order chi connectivity index (χ0) is 16.4. The maximum Gasteiger partial charge on any atom is 0.0412 e. The Morgan fingerprint density at radius 1 is 1.05 bits per heavy atom. The molecule has 0 rings (SSSR count). The third kappa shape index (κ3) is 16.3. The molecule has 0 amide bonds. The van der Waals surface area contributed by atoms with Crippen molar-refractivity contribution in [2.75, 3.05) is 6.54 Å². The summed E-state index contributed by atoms with van der Waals surface area (Å²) in [6.07, 6.45) is 5.38. The molecule has 0 aliphatic carbocycles. The highest BCUT2D eigenvalue weighted by atomic mass is 28.4. The molecule has 0 heterocycles. The lowest BCUT2D eigenvalue weighted by Gasteiger charge is -2.23. The van der Waals surface area contributed by atoms with E-state index in [0.717, 1.165) is 12.1 Å². The molecule has 0 aliphatic heterocycles. The predicted molar refractivity (Wildman–Crippen MR) is 108 cm³/mol. The van der Waals surface area contributed by atoms with Gasteiger partial charge >= 0.3 is 0 Å². The standard InChI is InChI=1S/C16H35NSi4/c1-16(2)9-11-17-10-8-12-18-14-21(6,7)15-19-13-20(3,4)5/h9,11,17H,1,8,10,12-15H2,2-7H3. The van der Waals surface area contributed by atoms with Gasteiger partial charge in [-0.3, -0.25) is 0 Å². The molecule has 0 bridgehead atoms. The van der Waals surface area contributed by atoms with Crippen LogP contribution in [0.5, 0.6) is 0 Å². The van der Waals surface area contributed by atoms with Crippen molar-refractivity contribution in [3.63, 3.8) is 0 Å². The highest BCUT2D eigenvalue weighted by molar-refractivity contribution is 6.92. The van der Waals surface area contributed by atoms with Gasteiger partial charge in [-0.1, -0.05) is 67.9 Å². The lowest BCUT2D eigenvalue weighted by molar-refractivity contribution is 0.805. The Balaban J connectivity index is 3.59. The maximum atomic E-state index is 3.85. The Morgan fingerprint density at radius 3 is 2.24 bits per heavy atom. The number of hydrogen-bond donors (Lipinski definition) is 1. The Labute approximate surface area is 140 Å². The van der Waals surface area contributed by atoms with Gasteiger partial charge in [-0.2, -0.15) is 0 Å². The molecule has 120 valence electrons. The van der Waals surface area contributed by atoms with Crippen molar-refractivity contribution >= 4 is 35.2 Å². The van der Waals surface area contributed by atoms with Crippen LogP contribution in [-0.4, -0.2) is 41.7 Å². The summed E-state index contributed by atoms with van der Waals surface area (Å²) >= 11 is 0. The fourth-order valence-electron chi connectivity index (χ4n) is 1.87. The summed E-state index contributed by atoms with van der Waals surface area (Å²) in [7, 11) is 0.729. The average Bonchev–Trinajstić information content (AvgIpc) is 2.30. The summed E-state index contributed by atoms with van der Waals surface area (Å²) in [6.45, 7) is 19.7. The third-order valence-corrected chi connectivity index (χ3v) is 18.6. The molecule has 4 radical (unpaired) electrons. The van der Waals surface area contributed by atoms with Crippen LogP contribution in [0.4, 0.5) is 0 Å². The minimum Gasteiger partial charge on any atom is -0.391 e. The van der Waals surface area contributed by atoms with Crippen LogP contribution in [0, 0.1) is 0 Å². The van der Waals surface area contributed by atoms with Crippen LogP contribution in [0.15, 0.2) is 24.4 Å². The molecule has 0 unspecified atom stereocenters. The van der Waals surface area contributed by atoms with Crippen LogP contribution >= 0.6 is 0 Å². The third-order valence-electron chi connectivity index (χ3n) is 3.02. The summed E-state index contributed by atoms with van der Waals surface area (Å²) in [6, 6.07) is 1.40. The van der Waals surface area contributed by atoms with Crippen LogP contribution < -0.4 is 5.32 Å². The normalized spacial score (nSPS) is 12.9. The lowest BCUT2D eigenvalue weighted by atomic mass is 10.3. The van der Waals surface area contributed by atoms with Crippen LogP contribution in [0.25, 0.3) is 0 Å². The molecule has 0 aromatic carbocycles.